The average Bonchev–Trinajstić information content (AvgIpc) is 0.769. The molecular formula is C40H61NO44S6-8. The number of nitrogens with one attached hydrogen (secondary N) is 1. The van der Waals surface area contributed by atoms with Crippen molar-refractivity contribution in [2.24, 2.45) is 5.92 Å². The first-order valence-electron chi connectivity index (χ1n) is 25.5. The molecule has 5 aliphatic heterocycles. The van der Waals surface area contributed by atoms with Gasteiger partial charge in [0.2, 0.25) is 41.6 Å². The van der Waals surface area contributed by atoms with Crippen LogP contribution < -0.4 is 14.9 Å². The molecule has 0 radical (unpaired) electrons. The molecule has 45 nitrogen and oxygen atoms in total. The summed E-state index contributed by atoms with van der Waals surface area (Å²) in [5, 5.41) is 26.3. The first-order chi connectivity index (χ1) is 42.3. The van der Waals surface area contributed by atoms with Crippen LogP contribution in [0.25, 0.3) is 0 Å². The molecule has 0 saturated carbocycles. The van der Waals surface area contributed by atoms with Crippen molar-refractivity contribution in [2.45, 2.75) is 161 Å². The Labute approximate surface area is 521 Å². The molecule has 0 bridgehead atoms. The minimum absolute atomic E-state index is 0.195. The topological polar surface area (TPSA) is 631 Å². The second kappa shape index (κ2) is 33.7. The van der Waals surface area contributed by atoms with E-state index in [9.17, 15) is 93.4 Å². The number of hydrogen-bond acceptors (Lipinski definition) is 44. The van der Waals surface area contributed by atoms with Gasteiger partial charge in [-0.15, -0.1) is 4.33 Å². The summed E-state index contributed by atoms with van der Waals surface area (Å²) < 4.78 is 324. The van der Waals surface area contributed by atoms with Crippen molar-refractivity contribution in [3.05, 3.63) is 0 Å². The van der Waals surface area contributed by atoms with Crippen molar-refractivity contribution in [1.82, 2.24) is 4.72 Å². The molecule has 0 aliphatic carbocycles. The molecule has 0 aromatic carbocycles. The Morgan fingerprint density at radius 3 is 1.14 bits per heavy atom. The minimum Gasteiger partial charge on any atom is -0.748 e. The normalized spacial score (nSPS) is 38.5. The van der Waals surface area contributed by atoms with Gasteiger partial charge in [-0.2, -0.15) is 0 Å². The van der Waals surface area contributed by atoms with Crippen molar-refractivity contribution in [2.75, 3.05) is 76.7 Å². The van der Waals surface area contributed by atoms with Crippen LogP contribution in [-0.2, 0) is 179 Å². The van der Waals surface area contributed by atoms with Crippen molar-refractivity contribution in [3.8, 4) is 0 Å². The molecule has 0 aromatic heterocycles. The summed E-state index contributed by atoms with van der Waals surface area (Å²) in [6.45, 7) is -2.64. The zero-order valence-electron chi connectivity index (χ0n) is 48.2. The van der Waals surface area contributed by atoms with Crippen molar-refractivity contribution < 1.29 is 200 Å². The number of hydrogen-bond donors (Lipinski definition) is 1. The summed E-state index contributed by atoms with van der Waals surface area (Å²) >= 11 is -3.38. The standard InChI is InChI=1S/C40H69NO44S6/c1-10-14-19(15(11-71-88(51,52)53)75-37(70-9)20(14)83-85-86(46)47)77-39-32(68-7)25(65-4)27(29(81-39)34(42)43)79-36-18(41-87(48,49)50)23(84-91(60,61)62)22(17(74-36)13-73-90(57,58)59)78-40-33(69-8)26(66-5)28(30(82-40)35(44)45)80-38-31(67-6)24(64-3)21(63-2)16(76-38)12-72-89(54,55)56/h14-33,36-41H,10-13H2,1-9H3,(H,42,43)(H,44,45)(H,46,47)(H,48,49,50)(H,51,52,53)(H,54,55,56)(H,57,58,59)(H,60,61,62)/p-8/t14?,15-,16-,17?,18?,19-,20?,21+,22+,23+,24?,25+,26?,27+,28-,29?,30+,31?,32?,33?,36-,37-,38+,39+,40+/m0/s1. The van der Waals surface area contributed by atoms with Gasteiger partial charge in [-0.05, 0) is 6.42 Å². The third-order valence-corrected chi connectivity index (χ3v) is 16.6. The number of carboxylic acids is 2. The molecule has 5 heterocycles. The first-order valence-corrected chi connectivity index (χ1v) is 33.2. The van der Waals surface area contributed by atoms with Crippen molar-refractivity contribution in [3.63, 3.8) is 0 Å². The Morgan fingerprint density at radius 1 is 0.429 bits per heavy atom. The summed E-state index contributed by atoms with van der Waals surface area (Å²) in [6, 6.07) is -2.96. The quantitative estimate of drug-likeness (QED) is 0.0202. The van der Waals surface area contributed by atoms with E-state index in [1.54, 1.807) is 0 Å². The number of ether oxygens (including phenoxy) is 17. The number of rotatable bonds is 35. The van der Waals surface area contributed by atoms with E-state index in [1.807, 2.05) is 0 Å². The van der Waals surface area contributed by atoms with Gasteiger partial charge in [0.1, 0.15) is 115 Å². The minimum atomic E-state index is -6.38. The first kappa shape index (κ1) is 79.3. The van der Waals surface area contributed by atoms with E-state index >= 15 is 0 Å². The molecule has 11 unspecified atom stereocenters. The SMILES string of the molecule is CCC1C(OOS(=O)[O-])[C@@H](OC)O[C@@H](COS(=O)(=O)[O-])[C@H]1O[C@@H]1OC(C(=O)[O-])[C@H](O[C@@H]2OC(COS(=O)(=O)[O-])[C@@H](O[C@@H]3O[C@@H](C(=O)[O-])[C@@H](O[C@H]4O[C@@H](COS(=O)(=O)[O-])[C@@H](OC)C(OC)C4OC)C(OC)C3OC)[C@H](OS(=O)(=O)[O-])C2NS(=O)(=O)[O-])[C@@H](OC)C1OC. The molecule has 0 spiro atoms. The Morgan fingerprint density at radius 2 is 0.780 bits per heavy atom. The van der Waals surface area contributed by atoms with Gasteiger partial charge >= 0.3 is 0 Å². The fraction of sp³-hybridized carbons (Fsp3) is 0.950. The molecule has 0 aromatic rings. The average molecular weight is 1450 g/mol. The van der Waals surface area contributed by atoms with Gasteiger partial charge in [-0.25, -0.2) is 55.9 Å². The van der Waals surface area contributed by atoms with E-state index in [4.69, 9.17) is 89.6 Å². The maximum atomic E-state index is 13.2. The number of carboxylic acid groups (broad SMARTS) is 2. The highest BCUT2D eigenvalue weighted by Gasteiger charge is 2.60. The van der Waals surface area contributed by atoms with E-state index in [-0.39, 0.29) is 6.42 Å². The van der Waals surface area contributed by atoms with Crippen LogP contribution in [0.3, 0.4) is 0 Å². The van der Waals surface area contributed by atoms with E-state index in [0.717, 1.165) is 56.9 Å². The lowest BCUT2D eigenvalue weighted by Gasteiger charge is -2.52. The molecule has 26 atom stereocenters. The Kier molecular flexibility index (Phi) is 29.4. The molecule has 5 aliphatic rings. The third-order valence-electron chi connectivity index (χ3n) is 14.1. The highest BCUT2D eigenvalue weighted by molar-refractivity contribution is 7.83. The molecule has 5 rings (SSSR count). The lowest BCUT2D eigenvalue weighted by molar-refractivity contribution is -0.401. The summed E-state index contributed by atoms with van der Waals surface area (Å²) in [5.41, 5.74) is 0. The number of carbonyl (C=O) groups excluding carboxylic acids is 2. The zero-order chi connectivity index (χ0) is 68.5. The summed E-state index contributed by atoms with van der Waals surface area (Å²) in [7, 11) is -21.7. The fourth-order valence-electron chi connectivity index (χ4n) is 10.6. The highest BCUT2D eigenvalue weighted by Crippen LogP contribution is 2.41. The van der Waals surface area contributed by atoms with Crippen molar-refractivity contribution in [1.29, 1.82) is 0 Å². The summed E-state index contributed by atoms with van der Waals surface area (Å²) in [6.07, 6.45) is -49.0. The highest BCUT2D eigenvalue weighted by atomic mass is 32.3. The fourth-order valence-corrected chi connectivity index (χ4v) is 12.7. The predicted molar refractivity (Wildman–Crippen MR) is 262 cm³/mol. The van der Waals surface area contributed by atoms with E-state index < -0.39 is 248 Å². The third kappa shape index (κ3) is 21.6. The van der Waals surface area contributed by atoms with Gasteiger partial charge in [0, 0.05) is 62.8 Å². The molecule has 534 valence electrons. The Balaban J connectivity index is 1.60. The van der Waals surface area contributed by atoms with Gasteiger partial charge < -0.3 is 128 Å². The van der Waals surface area contributed by atoms with E-state index in [1.165, 1.54) is 11.6 Å². The lowest BCUT2D eigenvalue weighted by atomic mass is 9.86. The van der Waals surface area contributed by atoms with Crippen LogP contribution in [0.15, 0.2) is 0 Å². The monoisotopic (exact) mass is 1450 g/mol. The van der Waals surface area contributed by atoms with Gasteiger partial charge in [0.15, 0.2) is 47.9 Å². The zero-order valence-corrected chi connectivity index (χ0v) is 53.1. The van der Waals surface area contributed by atoms with E-state index in [2.05, 4.69) is 16.9 Å². The van der Waals surface area contributed by atoms with Gasteiger partial charge in [-0.1, -0.05) is 6.92 Å². The predicted octanol–water partition coefficient (Wildman–Crippen LogP) is -10.8. The van der Waals surface area contributed by atoms with Crippen molar-refractivity contribution >= 4 is 75.2 Å². The number of aliphatic carboxylic acids is 2. The lowest BCUT2D eigenvalue weighted by Crippen LogP contribution is -2.72. The number of carbonyl (C=O) groups is 2. The van der Waals surface area contributed by atoms with Crippen LogP contribution in [-0.4, -0.2) is 310 Å². The van der Waals surface area contributed by atoms with E-state index in [0.29, 0.717) is 0 Å². The van der Waals surface area contributed by atoms with Crippen LogP contribution in [0.1, 0.15) is 13.3 Å². The molecular weight excluding hydrogens is 1390 g/mol. The smallest absolute Gasteiger partial charge is 0.218 e. The van der Waals surface area contributed by atoms with Crippen LogP contribution >= 0.6 is 0 Å². The molecule has 1 N–H and O–H groups in total. The second-order valence-corrected chi connectivity index (χ2v) is 25.1. The largest absolute Gasteiger partial charge is 0.748 e. The Bertz CT molecular complexity index is 2970. The number of methoxy groups -OCH3 is 8. The molecule has 5 saturated heterocycles. The maximum absolute atomic E-state index is 13.2. The molecule has 91 heavy (non-hydrogen) atoms. The van der Waals surface area contributed by atoms with Crippen LogP contribution in [0, 0.1) is 5.92 Å². The molecule has 51 heteroatoms. The van der Waals surface area contributed by atoms with Crippen LogP contribution in [0.4, 0.5) is 0 Å². The van der Waals surface area contributed by atoms with Gasteiger partial charge in [-0.3, -0.25) is 16.7 Å². The van der Waals surface area contributed by atoms with Crippen LogP contribution in [0.2, 0.25) is 0 Å². The maximum Gasteiger partial charge on any atom is 0.218 e. The Hall–Kier alpha value is -2.36. The second-order valence-electron chi connectivity index (χ2n) is 19.2. The van der Waals surface area contributed by atoms with Gasteiger partial charge in [0.05, 0.1) is 37.9 Å². The summed E-state index contributed by atoms with van der Waals surface area (Å²) in [5.74, 6) is -5.92. The van der Waals surface area contributed by atoms with Gasteiger partial charge in [0.25, 0.3) is 0 Å². The summed E-state index contributed by atoms with van der Waals surface area (Å²) in [4.78, 5) is 31.3. The molecule has 5 fully saturated rings. The van der Waals surface area contributed by atoms with Crippen LogP contribution in [0.5, 0.6) is 0 Å². The molecule has 0 amide bonds.